The molecule has 2 atom stereocenters. The highest BCUT2D eigenvalue weighted by atomic mass is 16.5. The van der Waals surface area contributed by atoms with Crippen LogP contribution in [-0.2, 0) is 17.6 Å². The Morgan fingerprint density at radius 3 is 2.30 bits per heavy atom. The van der Waals surface area contributed by atoms with Crippen LogP contribution in [0.15, 0.2) is 54.6 Å². The average Bonchev–Trinajstić information content (AvgIpc) is 2.68. The smallest absolute Gasteiger partial charge is 0.332 e. The van der Waals surface area contributed by atoms with Crippen LogP contribution in [0, 0.1) is 17.2 Å². The highest BCUT2D eigenvalue weighted by molar-refractivity contribution is 5.72. The number of nitriles is 1. The van der Waals surface area contributed by atoms with Crippen molar-refractivity contribution in [3.63, 3.8) is 0 Å². The molecule has 0 aliphatic heterocycles. The molecule has 0 amide bonds. The molecule has 0 saturated heterocycles. The van der Waals surface area contributed by atoms with Crippen molar-refractivity contribution in [3.05, 3.63) is 65.7 Å². The van der Waals surface area contributed by atoms with Crippen LogP contribution < -0.4 is 4.74 Å². The van der Waals surface area contributed by atoms with Gasteiger partial charge in [0.2, 0.25) is 0 Å². The molecule has 0 aliphatic carbocycles. The first-order valence-corrected chi connectivity index (χ1v) is 9.14. The fourth-order valence-corrected chi connectivity index (χ4v) is 2.83. The van der Waals surface area contributed by atoms with E-state index >= 15 is 0 Å². The van der Waals surface area contributed by atoms with Crippen LogP contribution in [0.5, 0.6) is 5.75 Å². The minimum Gasteiger partial charge on any atom is -0.494 e. The Labute approximate surface area is 159 Å². The van der Waals surface area contributed by atoms with Crippen LogP contribution in [0.4, 0.5) is 0 Å². The molecule has 0 bridgehead atoms. The summed E-state index contributed by atoms with van der Waals surface area (Å²) >= 11 is 0. The first-order valence-electron chi connectivity index (χ1n) is 9.14. The molecule has 0 radical (unpaired) electrons. The van der Waals surface area contributed by atoms with E-state index in [0.717, 1.165) is 31.2 Å². The zero-order valence-electron chi connectivity index (χ0n) is 15.3. The molecule has 2 aromatic carbocycles. The van der Waals surface area contributed by atoms with Gasteiger partial charge < -0.3 is 14.9 Å². The lowest BCUT2D eigenvalue weighted by Gasteiger charge is -2.10. The molecule has 0 aliphatic rings. The van der Waals surface area contributed by atoms with Gasteiger partial charge in [-0.1, -0.05) is 42.5 Å². The van der Waals surface area contributed by atoms with Crippen LogP contribution in [0.25, 0.3) is 0 Å². The fraction of sp³-hybridized carbons (Fsp3) is 0.364. The van der Waals surface area contributed by atoms with E-state index in [2.05, 4.69) is 6.07 Å². The van der Waals surface area contributed by atoms with Gasteiger partial charge in [0.25, 0.3) is 0 Å². The predicted molar refractivity (Wildman–Crippen MR) is 102 cm³/mol. The number of rotatable bonds is 11. The topological polar surface area (TPSA) is 90.5 Å². The molecule has 0 saturated carbocycles. The van der Waals surface area contributed by atoms with Crippen molar-refractivity contribution in [3.8, 4) is 11.8 Å². The van der Waals surface area contributed by atoms with Gasteiger partial charge in [-0.2, -0.15) is 5.26 Å². The van der Waals surface area contributed by atoms with E-state index in [9.17, 15) is 15.2 Å². The van der Waals surface area contributed by atoms with Gasteiger partial charge in [0.05, 0.1) is 18.6 Å². The second-order valence-electron chi connectivity index (χ2n) is 6.56. The molecule has 0 aromatic heterocycles. The third kappa shape index (κ3) is 7.51. The predicted octanol–water partition coefficient (Wildman–Crippen LogP) is 3.61. The summed E-state index contributed by atoms with van der Waals surface area (Å²) in [5.41, 5.74) is 1.93. The van der Waals surface area contributed by atoms with Gasteiger partial charge in [0.15, 0.2) is 6.10 Å². The van der Waals surface area contributed by atoms with Crippen molar-refractivity contribution >= 4 is 5.97 Å². The van der Waals surface area contributed by atoms with Crippen LogP contribution in [0.2, 0.25) is 0 Å². The normalized spacial score (nSPS) is 12.7. The first-order chi connectivity index (χ1) is 13.1. The number of unbranched alkanes of at least 4 members (excludes halogenated alkanes) is 1. The molecule has 0 spiro atoms. The summed E-state index contributed by atoms with van der Waals surface area (Å²) < 4.78 is 5.69. The lowest BCUT2D eigenvalue weighted by molar-refractivity contribution is -0.146. The van der Waals surface area contributed by atoms with Crippen molar-refractivity contribution in [2.45, 2.75) is 38.2 Å². The van der Waals surface area contributed by atoms with E-state index in [1.807, 2.05) is 30.3 Å². The summed E-state index contributed by atoms with van der Waals surface area (Å²) in [6.07, 6.45) is 2.11. The number of nitrogens with zero attached hydrogens (tertiary/aromatic N) is 1. The van der Waals surface area contributed by atoms with Crippen molar-refractivity contribution in [2.24, 2.45) is 5.92 Å². The largest absolute Gasteiger partial charge is 0.494 e. The second kappa shape index (κ2) is 11.0. The number of carboxylic acid groups (broad SMARTS) is 1. The number of hydrogen-bond acceptors (Lipinski definition) is 4. The summed E-state index contributed by atoms with van der Waals surface area (Å²) in [5, 5.41) is 27.4. The van der Waals surface area contributed by atoms with Crippen LogP contribution in [0.3, 0.4) is 0 Å². The Hall–Kier alpha value is -2.84. The quantitative estimate of drug-likeness (QED) is 0.592. The summed E-state index contributed by atoms with van der Waals surface area (Å²) in [6, 6.07) is 19.5. The highest BCUT2D eigenvalue weighted by Crippen LogP contribution is 2.17. The van der Waals surface area contributed by atoms with Crippen LogP contribution in [0.1, 0.15) is 30.4 Å². The molecular weight excluding hydrogens is 342 g/mol. The minimum atomic E-state index is -1.39. The molecule has 142 valence electrons. The molecule has 0 fully saturated rings. The molecule has 5 heteroatoms. The number of aliphatic hydroxyl groups is 1. The van der Waals surface area contributed by atoms with Crippen LogP contribution >= 0.6 is 0 Å². The maximum atomic E-state index is 10.7. The first kappa shape index (κ1) is 20.5. The van der Waals surface area contributed by atoms with Gasteiger partial charge in [-0.25, -0.2) is 4.79 Å². The third-order valence-corrected chi connectivity index (χ3v) is 4.36. The minimum absolute atomic E-state index is 0.0207. The van der Waals surface area contributed by atoms with E-state index in [-0.39, 0.29) is 12.3 Å². The molecule has 0 heterocycles. The molecular formula is C22H25NO4. The molecule has 27 heavy (non-hydrogen) atoms. The molecule has 1 unspecified atom stereocenters. The number of ether oxygens (including phenoxy) is 1. The van der Waals surface area contributed by atoms with Crippen molar-refractivity contribution in [1.29, 1.82) is 5.26 Å². The van der Waals surface area contributed by atoms with Gasteiger partial charge in [-0.3, -0.25) is 0 Å². The number of hydrogen-bond donors (Lipinski definition) is 2. The van der Waals surface area contributed by atoms with E-state index in [1.165, 1.54) is 5.56 Å². The van der Waals surface area contributed by atoms with E-state index in [4.69, 9.17) is 9.84 Å². The maximum absolute atomic E-state index is 10.7. The van der Waals surface area contributed by atoms with Crippen molar-refractivity contribution < 1.29 is 19.7 Å². The SMILES string of the molecule is N#CC(CCCCOc1ccc(C[C@H](O)C(=O)O)cc1)Cc1ccccc1. The van der Waals surface area contributed by atoms with Gasteiger partial charge in [-0.15, -0.1) is 0 Å². The van der Waals surface area contributed by atoms with E-state index < -0.39 is 12.1 Å². The average molecular weight is 367 g/mol. The Morgan fingerprint density at radius 2 is 1.67 bits per heavy atom. The second-order valence-corrected chi connectivity index (χ2v) is 6.56. The lowest BCUT2D eigenvalue weighted by atomic mass is 9.95. The van der Waals surface area contributed by atoms with Gasteiger partial charge in [0.1, 0.15) is 5.75 Å². The summed E-state index contributed by atoms with van der Waals surface area (Å²) in [5.74, 6) is -0.490. The zero-order valence-corrected chi connectivity index (χ0v) is 15.3. The number of carboxylic acids is 1. The monoisotopic (exact) mass is 367 g/mol. The highest BCUT2D eigenvalue weighted by Gasteiger charge is 2.13. The van der Waals surface area contributed by atoms with Crippen molar-refractivity contribution in [1.82, 2.24) is 0 Å². The van der Waals surface area contributed by atoms with E-state index in [1.54, 1.807) is 24.3 Å². The Morgan fingerprint density at radius 1 is 1.00 bits per heavy atom. The number of aliphatic hydroxyl groups excluding tert-OH is 1. The molecule has 5 nitrogen and oxygen atoms in total. The van der Waals surface area contributed by atoms with Crippen LogP contribution in [-0.4, -0.2) is 28.9 Å². The van der Waals surface area contributed by atoms with Gasteiger partial charge in [-0.05, 0) is 48.9 Å². The Kier molecular flexibility index (Phi) is 8.34. The molecule has 2 aromatic rings. The summed E-state index contributed by atoms with van der Waals surface area (Å²) in [4.78, 5) is 10.7. The number of aliphatic carboxylic acids is 1. The summed E-state index contributed by atoms with van der Waals surface area (Å²) in [7, 11) is 0. The van der Waals surface area contributed by atoms with Crippen molar-refractivity contribution in [2.75, 3.05) is 6.61 Å². The molecule has 2 N–H and O–H groups in total. The Balaban J connectivity index is 1.66. The number of benzene rings is 2. The third-order valence-electron chi connectivity index (χ3n) is 4.36. The lowest BCUT2D eigenvalue weighted by Crippen LogP contribution is -2.21. The standard InChI is InChI=1S/C22H25NO4/c23-16-19(14-17-6-2-1-3-7-17)8-4-5-13-27-20-11-9-18(10-12-20)15-21(24)22(25)26/h1-3,6-7,9-12,19,21,24H,4-5,8,13-15H2,(H,25,26)/t19?,21-/m0/s1. The molecule has 2 rings (SSSR count). The van der Waals surface area contributed by atoms with Gasteiger partial charge in [0, 0.05) is 6.42 Å². The maximum Gasteiger partial charge on any atom is 0.332 e. The zero-order chi connectivity index (χ0) is 19.5. The Bertz CT molecular complexity index is 737. The number of carbonyl (C=O) groups is 1. The fourth-order valence-electron chi connectivity index (χ4n) is 2.83. The summed E-state index contributed by atoms with van der Waals surface area (Å²) in [6.45, 7) is 0.570. The van der Waals surface area contributed by atoms with Gasteiger partial charge >= 0.3 is 5.97 Å². The van der Waals surface area contributed by atoms with E-state index in [0.29, 0.717) is 12.4 Å².